The van der Waals surface area contributed by atoms with Crippen LogP contribution in [0.1, 0.15) is 53.4 Å². The maximum Gasteiger partial charge on any atom is 0.222 e. The molecule has 1 aliphatic carbocycles. The van der Waals surface area contributed by atoms with Gasteiger partial charge in [0.25, 0.3) is 0 Å². The highest BCUT2D eigenvalue weighted by atomic mass is 16.1. The first-order valence-corrected chi connectivity index (χ1v) is 10.9. The molecule has 5 heteroatoms. The zero-order valence-electron chi connectivity index (χ0n) is 17.5. The van der Waals surface area contributed by atoms with Gasteiger partial charge in [-0.2, -0.15) is 0 Å². The normalized spacial score (nSPS) is 31.1. The third kappa shape index (κ3) is 4.99. The molecule has 2 saturated heterocycles. The Morgan fingerprint density at radius 1 is 1.00 bits per heavy atom. The van der Waals surface area contributed by atoms with Crippen molar-refractivity contribution in [2.75, 3.05) is 52.4 Å². The molecule has 2 aliphatic heterocycles. The highest BCUT2D eigenvalue weighted by Crippen LogP contribution is 2.48. The Kier molecular flexibility index (Phi) is 6.63. The summed E-state index contributed by atoms with van der Waals surface area (Å²) in [5, 5.41) is 3.21. The molecule has 0 aromatic carbocycles. The molecule has 0 aromatic heterocycles. The second-order valence-electron chi connectivity index (χ2n) is 9.62. The fourth-order valence-corrected chi connectivity index (χ4v) is 5.03. The lowest BCUT2D eigenvalue weighted by Gasteiger charge is -2.45. The summed E-state index contributed by atoms with van der Waals surface area (Å²) >= 11 is 0. The molecule has 150 valence electrons. The van der Waals surface area contributed by atoms with Gasteiger partial charge >= 0.3 is 0 Å². The van der Waals surface area contributed by atoms with Crippen LogP contribution in [0.2, 0.25) is 0 Å². The molecule has 1 N–H and O–H groups in total. The molecule has 0 bridgehead atoms. The quantitative estimate of drug-likeness (QED) is 0.750. The average molecular weight is 365 g/mol. The Morgan fingerprint density at radius 2 is 1.65 bits per heavy atom. The van der Waals surface area contributed by atoms with E-state index in [9.17, 15) is 4.79 Å². The molecule has 3 aliphatic rings. The lowest BCUT2D eigenvalue weighted by atomic mass is 9.65. The molecule has 26 heavy (non-hydrogen) atoms. The van der Waals surface area contributed by atoms with E-state index in [-0.39, 0.29) is 11.8 Å². The Hall–Kier alpha value is -0.650. The Balaban J connectivity index is 1.28. The van der Waals surface area contributed by atoms with E-state index in [1.807, 2.05) is 13.8 Å². The first kappa shape index (κ1) is 20.1. The minimum absolute atomic E-state index is 0.106. The van der Waals surface area contributed by atoms with Gasteiger partial charge < -0.3 is 15.1 Å². The highest BCUT2D eigenvalue weighted by Gasteiger charge is 2.48. The number of hydrogen-bond donors (Lipinski definition) is 1. The van der Waals surface area contributed by atoms with Crippen molar-refractivity contribution in [2.45, 2.75) is 65.5 Å². The monoisotopic (exact) mass is 364 g/mol. The van der Waals surface area contributed by atoms with Crippen molar-refractivity contribution in [3.8, 4) is 0 Å². The number of carbonyl (C=O) groups excluding carboxylic acids is 1. The first-order valence-electron chi connectivity index (χ1n) is 10.9. The molecule has 3 fully saturated rings. The summed E-state index contributed by atoms with van der Waals surface area (Å²) in [6.07, 6.45) is 5.01. The van der Waals surface area contributed by atoms with Crippen molar-refractivity contribution < 1.29 is 4.79 Å². The predicted octanol–water partition coefficient (Wildman–Crippen LogP) is 2.03. The van der Waals surface area contributed by atoms with E-state index in [1.165, 1.54) is 78.0 Å². The molecule has 3 rings (SSSR count). The van der Waals surface area contributed by atoms with Crippen molar-refractivity contribution in [1.82, 2.24) is 20.0 Å². The van der Waals surface area contributed by atoms with Gasteiger partial charge in [-0.25, -0.2) is 0 Å². The molecule has 0 radical (unpaired) electrons. The number of piperazine rings is 1. The third-order valence-corrected chi connectivity index (χ3v) is 6.83. The van der Waals surface area contributed by atoms with Crippen molar-refractivity contribution in [3.63, 3.8) is 0 Å². The molecule has 0 unspecified atom stereocenters. The summed E-state index contributed by atoms with van der Waals surface area (Å²) in [7, 11) is 0. The van der Waals surface area contributed by atoms with Crippen LogP contribution in [0.15, 0.2) is 0 Å². The van der Waals surface area contributed by atoms with Crippen LogP contribution in [-0.4, -0.2) is 85.0 Å². The number of rotatable bonds is 7. The summed E-state index contributed by atoms with van der Waals surface area (Å²) < 4.78 is 0. The van der Waals surface area contributed by atoms with Gasteiger partial charge in [-0.15, -0.1) is 0 Å². The van der Waals surface area contributed by atoms with Gasteiger partial charge in [-0.05, 0) is 64.6 Å². The lowest BCUT2D eigenvalue weighted by Crippen LogP contribution is -2.52. The lowest BCUT2D eigenvalue weighted by molar-refractivity contribution is -0.126. The van der Waals surface area contributed by atoms with E-state index in [0.29, 0.717) is 17.5 Å². The Morgan fingerprint density at radius 3 is 2.27 bits per heavy atom. The first-order chi connectivity index (χ1) is 12.4. The molecular formula is C21H40N4O. The van der Waals surface area contributed by atoms with E-state index in [1.54, 1.807) is 0 Å². The summed E-state index contributed by atoms with van der Waals surface area (Å²) in [4.78, 5) is 19.7. The summed E-state index contributed by atoms with van der Waals surface area (Å²) in [5.74, 6) is 0.325. The van der Waals surface area contributed by atoms with Gasteiger partial charge in [-0.3, -0.25) is 9.69 Å². The second kappa shape index (κ2) is 8.57. The van der Waals surface area contributed by atoms with Crippen LogP contribution in [0.5, 0.6) is 0 Å². The zero-order chi connectivity index (χ0) is 18.7. The van der Waals surface area contributed by atoms with Crippen LogP contribution in [0, 0.1) is 11.3 Å². The van der Waals surface area contributed by atoms with E-state index in [4.69, 9.17) is 0 Å². The highest BCUT2D eigenvalue weighted by molar-refractivity contribution is 5.78. The van der Waals surface area contributed by atoms with Crippen LogP contribution >= 0.6 is 0 Å². The Labute approximate surface area is 160 Å². The summed E-state index contributed by atoms with van der Waals surface area (Å²) in [6.45, 7) is 18.5. The largest absolute Gasteiger partial charge is 0.353 e. The average Bonchev–Trinajstić information content (AvgIpc) is 2.99. The minimum atomic E-state index is 0.106. The van der Waals surface area contributed by atoms with Crippen molar-refractivity contribution in [3.05, 3.63) is 0 Å². The molecule has 1 spiro atoms. The fraction of sp³-hybridized carbons (Fsp3) is 0.952. The maximum absolute atomic E-state index is 11.8. The molecule has 5 nitrogen and oxygen atoms in total. The van der Waals surface area contributed by atoms with E-state index < -0.39 is 0 Å². The number of nitrogens with one attached hydrogen (secondary N) is 1. The fourth-order valence-electron chi connectivity index (χ4n) is 5.03. The molecule has 0 atom stereocenters. The SMILES string of the molecule is CC(C)C(=O)NC1CC2(CCN(CCCN3CCN(C(C)C)CC3)C2)C1. The molecule has 2 heterocycles. The van der Waals surface area contributed by atoms with Gasteiger partial charge in [0.15, 0.2) is 0 Å². The third-order valence-electron chi connectivity index (χ3n) is 6.83. The molecule has 0 aromatic rings. The topological polar surface area (TPSA) is 38.8 Å². The summed E-state index contributed by atoms with van der Waals surface area (Å²) in [6, 6.07) is 1.12. The zero-order valence-corrected chi connectivity index (χ0v) is 17.5. The molecular weight excluding hydrogens is 324 g/mol. The standard InChI is InChI=1S/C21H40N4O/c1-17(2)20(26)22-19-14-21(15-19)6-9-24(16-21)8-5-7-23-10-12-25(13-11-23)18(3)4/h17-19H,5-16H2,1-4H3,(H,22,26). The van der Waals surface area contributed by atoms with Crippen molar-refractivity contribution >= 4 is 5.91 Å². The number of carbonyl (C=O) groups is 1. The van der Waals surface area contributed by atoms with Gasteiger partial charge in [0.2, 0.25) is 5.91 Å². The molecule has 1 amide bonds. The minimum Gasteiger partial charge on any atom is -0.353 e. The van der Waals surface area contributed by atoms with Crippen LogP contribution in [-0.2, 0) is 4.79 Å². The number of hydrogen-bond acceptors (Lipinski definition) is 4. The molecule has 1 saturated carbocycles. The summed E-state index contributed by atoms with van der Waals surface area (Å²) in [5.41, 5.74) is 0.512. The van der Waals surface area contributed by atoms with Crippen LogP contribution < -0.4 is 5.32 Å². The second-order valence-corrected chi connectivity index (χ2v) is 9.62. The predicted molar refractivity (Wildman–Crippen MR) is 107 cm³/mol. The number of nitrogens with zero attached hydrogens (tertiary/aromatic N) is 3. The smallest absolute Gasteiger partial charge is 0.222 e. The van der Waals surface area contributed by atoms with E-state index in [2.05, 4.69) is 33.9 Å². The van der Waals surface area contributed by atoms with Gasteiger partial charge in [0.05, 0.1) is 0 Å². The van der Waals surface area contributed by atoms with Crippen LogP contribution in [0.3, 0.4) is 0 Å². The number of likely N-dealkylation sites (tertiary alicyclic amines) is 1. The Bertz CT molecular complexity index is 465. The van der Waals surface area contributed by atoms with Crippen molar-refractivity contribution in [1.29, 1.82) is 0 Å². The van der Waals surface area contributed by atoms with Gasteiger partial charge in [0, 0.05) is 50.7 Å². The van der Waals surface area contributed by atoms with Gasteiger partial charge in [0.1, 0.15) is 0 Å². The van der Waals surface area contributed by atoms with E-state index >= 15 is 0 Å². The maximum atomic E-state index is 11.8. The van der Waals surface area contributed by atoms with Crippen LogP contribution in [0.25, 0.3) is 0 Å². The number of amides is 1. The van der Waals surface area contributed by atoms with Crippen LogP contribution in [0.4, 0.5) is 0 Å². The van der Waals surface area contributed by atoms with E-state index in [0.717, 1.165) is 0 Å². The van der Waals surface area contributed by atoms with Crippen molar-refractivity contribution in [2.24, 2.45) is 11.3 Å². The van der Waals surface area contributed by atoms with Gasteiger partial charge in [-0.1, -0.05) is 13.8 Å².